The summed E-state index contributed by atoms with van der Waals surface area (Å²) in [7, 11) is 0. The molecule has 2 aromatic rings. The Kier molecular flexibility index (Phi) is 2.69. The van der Waals surface area contributed by atoms with Crippen LogP contribution in [0.15, 0.2) is 36.4 Å². The highest BCUT2D eigenvalue weighted by atomic mass is 16.5. The smallest absolute Gasteiger partial charge is 0.193 e. The predicted molar refractivity (Wildman–Crippen MR) is 73.3 cm³/mol. The molecule has 0 bridgehead atoms. The lowest BCUT2D eigenvalue weighted by molar-refractivity contribution is 0.103. The maximum Gasteiger partial charge on any atom is 0.193 e. The molecule has 0 radical (unpaired) electrons. The minimum absolute atomic E-state index is 0.0643. The molecule has 2 aliphatic rings. The summed E-state index contributed by atoms with van der Waals surface area (Å²) in [4.78, 5) is 12.6. The number of carbonyl (C=O) groups is 1. The molecule has 4 rings (SSSR count). The number of carbonyl (C=O) groups excluding carboxylic acids is 1. The van der Waals surface area contributed by atoms with E-state index >= 15 is 0 Å². The molecule has 0 N–H and O–H groups in total. The molecule has 0 aliphatic carbocycles. The highest BCUT2D eigenvalue weighted by Crippen LogP contribution is 2.25. The molecular formula is C17H14O3. The van der Waals surface area contributed by atoms with Crippen molar-refractivity contribution < 1.29 is 14.3 Å². The summed E-state index contributed by atoms with van der Waals surface area (Å²) in [5.41, 5.74) is 6.08. The minimum Gasteiger partial charge on any atom is -0.372 e. The van der Waals surface area contributed by atoms with E-state index in [-0.39, 0.29) is 5.78 Å². The minimum atomic E-state index is 0.0643. The van der Waals surface area contributed by atoms with Crippen molar-refractivity contribution in [3.05, 3.63) is 69.8 Å². The van der Waals surface area contributed by atoms with Crippen LogP contribution in [0.4, 0.5) is 0 Å². The molecule has 0 aromatic heterocycles. The van der Waals surface area contributed by atoms with E-state index in [1.165, 1.54) is 11.1 Å². The van der Waals surface area contributed by atoms with Crippen LogP contribution < -0.4 is 0 Å². The van der Waals surface area contributed by atoms with E-state index in [4.69, 9.17) is 9.47 Å². The lowest BCUT2D eigenvalue weighted by atomic mass is 9.97. The quantitative estimate of drug-likeness (QED) is 0.784. The highest BCUT2D eigenvalue weighted by molar-refractivity contribution is 6.09. The second-order valence-corrected chi connectivity index (χ2v) is 5.28. The third kappa shape index (κ3) is 1.87. The SMILES string of the molecule is O=C(c1ccc2c(c1)COC2)c1ccc2c(c1)COC2. The van der Waals surface area contributed by atoms with Gasteiger partial charge in [0.1, 0.15) is 0 Å². The van der Waals surface area contributed by atoms with Crippen LogP contribution in [0, 0.1) is 0 Å². The van der Waals surface area contributed by atoms with Gasteiger partial charge in [0.25, 0.3) is 0 Å². The normalized spacial score (nSPS) is 16.0. The van der Waals surface area contributed by atoms with E-state index in [0.29, 0.717) is 26.4 Å². The molecular weight excluding hydrogens is 252 g/mol. The van der Waals surface area contributed by atoms with Gasteiger partial charge >= 0.3 is 0 Å². The van der Waals surface area contributed by atoms with Crippen molar-refractivity contribution in [3.63, 3.8) is 0 Å². The van der Waals surface area contributed by atoms with Gasteiger partial charge in [-0.25, -0.2) is 0 Å². The summed E-state index contributed by atoms with van der Waals surface area (Å²) >= 11 is 0. The first-order valence-electron chi connectivity index (χ1n) is 6.75. The highest BCUT2D eigenvalue weighted by Gasteiger charge is 2.18. The number of ketones is 1. The fourth-order valence-electron chi connectivity index (χ4n) is 2.79. The molecule has 3 nitrogen and oxygen atoms in total. The van der Waals surface area contributed by atoms with Crippen molar-refractivity contribution in [2.75, 3.05) is 0 Å². The van der Waals surface area contributed by atoms with Crippen LogP contribution in [-0.2, 0) is 35.9 Å². The van der Waals surface area contributed by atoms with E-state index in [2.05, 4.69) is 0 Å². The fourth-order valence-corrected chi connectivity index (χ4v) is 2.79. The van der Waals surface area contributed by atoms with Crippen LogP contribution >= 0.6 is 0 Å². The van der Waals surface area contributed by atoms with Gasteiger partial charge in [0.2, 0.25) is 0 Å². The predicted octanol–water partition coefficient (Wildman–Crippen LogP) is 2.98. The van der Waals surface area contributed by atoms with Gasteiger partial charge in [-0.2, -0.15) is 0 Å². The Balaban J connectivity index is 1.70. The van der Waals surface area contributed by atoms with Crippen LogP contribution in [0.25, 0.3) is 0 Å². The van der Waals surface area contributed by atoms with E-state index in [1.54, 1.807) is 0 Å². The zero-order chi connectivity index (χ0) is 13.5. The lowest BCUT2D eigenvalue weighted by Crippen LogP contribution is -2.03. The Morgan fingerprint density at radius 3 is 1.65 bits per heavy atom. The van der Waals surface area contributed by atoms with Crippen LogP contribution in [-0.4, -0.2) is 5.78 Å². The van der Waals surface area contributed by atoms with Crippen molar-refractivity contribution in [2.24, 2.45) is 0 Å². The molecule has 2 aromatic carbocycles. The maximum absolute atomic E-state index is 12.6. The molecule has 2 heterocycles. The van der Waals surface area contributed by atoms with Gasteiger partial charge in [0, 0.05) is 11.1 Å². The molecule has 0 spiro atoms. The molecule has 0 atom stereocenters. The van der Waals surface area contributed by atoms with Crippen LogP contribution in [0.2, 0.25) is 0 Å². The number of fused-ring (bicyclic) bond motifs is 2. The molecule has 0 fully saturated rings. The van der Waals surface area contributed by atoms with Crippen molar-refractivity contribution in [2.45, 2.75) is 26.4 Å². The lowest BCUT2D eigenvalue weighted by Gasteiger charge is -2.05. The molecule has 2 aliphatic heterocycles. The molecule has 0 saturated carbocycles. The van der Waals surface area contributed by atoms with E-state index in [9.17, 15) is 4.79 Å². The van der Waals surface area contributed by atoms with Crippen LogP contribution in [0.3, 0.4) is 0 Å². The zero-order valence-electron chi connectivity index (χ0n) is 11.0. The Labute approximate surface area is 117 Å². The number of hydrogen-bond donors (Lipinski definition) is 0. The third-order valence-electron chi connectivity index (χ3n) is 3.97. The third-order valence-corrected chi connectivity index (χ3v) is 3.97. The maximum atomic E-state index is 12.6. The first kappa shape index (κ1) is 11.8. The van der Waals surface area contributed by atoms with Crippen molar-refractivity contribution in [1.29, 1.82) is 0 Å². The first-order valence-corrected chi connectivity index (χ1v) is 6.75. The van der Waals surface area contributed by atoms with Gasteiger partial charge in [-0.15, -0.1) is 0 Å². The van der Waals surface area contributed by atoms with Crippen LogP contribution in [0.1, 0.15) is 38.2 Å². The Morgan fingerprint density at radius 2 is 1.15 bits per heavy atom. The summed E-state index contributed by atoms with van der Waals surface area (Å²) in [6, 6.07) is 11.7. The van der Waals surface area contributed by atoms with Gasteiger partial charge in [-0.1, -0.05) is 24.3 Å². The summed E-state index contributed by atoms with van der Waals surface area (Å²) in [6.45, 7) is 2.52. The summed E-state index contributed by atoms with van der Waals surface area (Å²) < 4.78 is 10.8. The molecule has 0 saturated heterocycles. The van der Waals surface area contributed by atoms with E-state index in [1.807, 2.05) is 36.4 Å². The van der Waals surface area contributed by atoms with Crippen molar-refractivity contribution >= 4 is 5.78 Å². The van der Waals surface area contributed by atoms with E-state index < -0.39 is 0 Å². The molecule has 0 unspecified atom stereocenters. The van der Waals surface area contributed by atoms with Crippen molar-refractivity contribution in [1.82, 2.24) is 0 Å². The number of ether oxygens (including phenoxy) is 2. The monoisotopic (exact) mass is 266 g/mol. The standard InChI is InChI=1S/C17H14O3/c18-17(11-1-3-13-7-19-9-15(13)5-11)12-2-4-14-8-20-10-16(14)6-12/h1-6H,7-10H2. The Morgan fingerprint density at radius 1 is 0.700 bits per heavy atom. The Bertz CT molecular complexity index is 644. The first-order chi connectivity index (χ1) is 9.81. The number of rotatable bonds is 2. The van der Waals surface area contributed by atoms with E-state index in [0.717, 1.165) is 22.3 Å². The van der Waals surface area contributed by atoms with Gasteiger partial charge < -0.3 is 9.47 Å². The zero-order valence-corrected chi connectivity index (χ0v) is 11.0. The van der Waals surface area contributed by atoms with Gasteiger partial charge in [-0.3, -0.25) is 4.79 Å². The van der Waals surface area contributed by atoms with Gasteiger partial charge in [-0.05, 0) is 34.4 Å². The number of benzene rings is 2. The Hall–Kier alpha value is -1.97. The fraction of sp³-hybridized carbons (Fsp3) is 0.235. The second-order valence-electron chi connectivity index (χ2n) is 5.28. The van der Waals surface area contributed by atoms with Gasteiger partial charge in [0.05, 0.1) is 26.4 Å². The summed E-state index contributed by atoms with van der Waals surface area (Å²) in [5.74, 6) is 0.0643. The molecule has 20 heavy (non-hydrogen) atoms. The average Bonchev–Trinajstić information content (AvgIpc) is 3.13. The second kappa shape index (κ2) is 4.54. The summed E-state index contributed by atoms with van der Waals surface area (Å²) in [5, 5.41) is 0. The van der Waals surface area contributed by atoms with Crippen LogP contribution in [0.5, 0.6) is 0 Å². The topological polar surface area (TPSA) is 35.5 Å². The largest absolute Gasteiger partial charge is 0.372 e. The molecule has 0 amide bonds. The molecule has 3 heteroatoms. The number of hydrogen-bond acceptors (Lipinski definition) is 3. The molecule has 100 valence electrons. The summed E-state index contributed by atoms with van der Waals surface area (Å²) in [6.07, 6.45) is 0. The average molecular weight is 266 g/mol. The van der Waals surface area contributed by atoms with Gasteiger partial charge in [0.15, 0.2) is 5.78 Å². The van der Waals surface area contributed by atoms with Crippen molar-refractivity contribution in [3.8, 4) is 0 Å².